The van der Waals surface area contributed by atoms with Crippen molar-refractivity contribution in [1.29, 1.82) is 0 Å². The predicted octanol–water partition coefficient (Wildman–Crippen LogP) is 2.98. The summed E-state index contributed by atoms with van der Waals surface area (Å²) in [6.07, 6.45) is -1.94. The fourth-order valence-corrected chi connectivity index (χ4v) is 3.97. The Hall–Kier alpha value is -3.32. The van der Waals surface area contributed by atoms with E-state index in [0.717, 1.165) is 11.0 Å². The Labute approximate surface area is 207 Å². The summed E-state index contributed by atoms with van der Waals surface area (Å²) >= 11 is 3.19. The molecule has 13 heteroatoms. The lowest BCUT2D eigenvalue weighted by atomic mass is 9.93. The highest BCUT2D eigenvalue weighted by Gasteiger charge is 2.38. The molecule has 3 rings (SSSR count). The van der Waals surface area contributed by atoms with Crippen LogP contribution in [-0.4, -0.2) is 64.4 Å². The Bertz CT molecular complexity index is 1100. The van der Waals surface area contributed by atoms with Gasteiger partial charge >= 0.3 is 6.18 Å². The lowest BCUT2D eigenvalue weighted by Crippen LogP contribution is -2.54. The van der Waals surface area contributed by atoms with E-state index in [-0.39, 0.29) is 31.0 Å². The van der Waals surface area contributed by atoms with Crippen LogP contribution in [0, 0.1) is 5.92 Å². The van der Waals surface area contributed by atoms with Crippen LogP contribution in [0.4, 0.5) is 24.7 Å². The molecule has 0 spiro atoms. The van der Waals surface area contributed by atoms with Gasteiger partial charge in [0.05, 0.1) is 24.3 Å². The van der Waals surface area contributed by atoms with E-state index in [1.54, 1.807) is 12.1 Å². The summed E-state index contributed by atoms with van der Waals surface area (Å²) in [6.45, 7) is 1.99. The van der Waals surface area contributed by atoms with Gasteiger partial charge in [0.25, 0.3) is 5.91 Å². The number of aromatic nitrogens is 2. The van der Waals surface area contributed by atoms with Crippen LogP contribution in [0.1, 0.15) is 16.9 Å². The van der Waals surface area contributed by atoms with Crippen molar-refractivity contribution in [2.24, 2.45) is 5.92 Å². The van der Waals surface area contributed by atoms with Crippen LogP contribution in [0.25, 0.3) is 0 Å². The van der Waals surface area contributed by atoms with Crippen LogP contribution in [0.2, 0.25) is 0 Å². The van der Waals surface area contributed by atoms with Crippen molar-refractivity contribution < 1.29 is 27.6 Å². The number of hydrogen-bond donors (Lipinski definition) is 3. The maximum absolute atomic E-state index is 12.9. The second kappa shape index (κ2) is 11.4. The number of nitrogens with one attached hydrogen (secondary N) is 3. The maximum Gasteiger partial charge on any atom is 0.401 e. The largest absolute Gasteiger partial charge is 0.401 e. The van der Waals surface area contributed by atoms with Crippen LogP contribution < -0.4 is 16.0 Å². The molecule has 1 aliphatic heterocycles. The highest BCUT2D eigenvalue weighted by molar-refractivity contribution is 9.10. The van der Waals surface area contributed by atoms with Crippen molar-refractivity contribution in [2.75, 3.05) is 30.3 Å². The zero-order valence-corrected chi connectivity index (χ0v) is 19.9. The van der Waals surface area contributed by atoms with E-state index in [1.807, 2.05) is 0 Å². The average Bonchev–Trinajstić information content (AvgIpc) is 2.79. The van der Waals surface area contributed by atoms with Gasteiger partial charge in [-0.25, -0.2) is 9.97 Å². The zero-order valence-electron chi connectivity index (χ0n) is 18.3. The molecule has 3 N–H and O–H groups in total. The van der Waals surface area contributed by atoms with E-state index in [4.69, 9.17) is 0 Å². The Morgan fingerprint density at radius 2 is 1.94 bits per heavy atom. The molecular weight excluding hydrogens is 533 g/mol. The highest BCUT2D eigenvalue weighted by Crippen LogP contribution is 2.24. The molecule has 35 heavy (non-hydrogen) atoms. The molecule has 0 unspecified atom stereocenters. The SMILES string of the molecule is C=CC(=O)N[C@H]1C[C@@H](C(=O)Nc2ccc(NC(=O)c3cccc(Br)n3)nc2)CN(CC(F)(F)F)C1. The quantitative estimate of drug-likeness (QED) is 0.358. The fraction of sp³-hybridized carbons (Fsp3) is 0.318. The van der Waals surface area contributed by atoms with Gasteiger partial charge in [-0.05, 0) is 52.7 Å². The molecule has 3 heterocycles. The topological polar surface area (TPSA) is 116 Å². The van der Waals surface area contributed by atoms with Gasteiger partial charge < -0.3 is 16.0 Å². The van der Waals surface area contributed by atoms with E-state index in [1.165, 1.54) is 24.4 Å². The van der Waals surface area contributed by atoms with Crippen LogP contribution in [0.15, 0.2) is 53.8 Å². The number of halogens is 4. The number of piperidine rings is 1. The van der Waals surface area contributed by atoms with Gasteiger partial charge in [0, 0.05) is 19.1 Å². The summed E-state index contributed by atoms with van der Waals surface area (Å²) in [6, 6.07) is 7.20. The first-order valence-electron chi connectivity index (χ1n) is 10.5. The minimum Gasteiger partial charge on any atom is -0.349 e. The third-order valence-corrected chi connectivity index (χ3v) is 5.49. The Balaban J connectivity index is 1.63. The van der Waals surface area contributed by atoms with Crippen molar-refractivity contribution >= 4 is 45.2 Å². The van der Waals surface area contributed by atoms with Crippen LogP contribution in [0.5, 0.6) is 0 Å². The molecule has 0 radical (unpaired) electrons. The monoisotopic (exact) mass is 554 g/mol. The number of anilines is 2. The second-order valence-corrected chi connectivity index (χ2v) is 8.69. The average molecular weight is 555 g/mol. The van der Waals surface area contributed by atoms with Crippen LogP contribution in [-0.2, 0) is 9.59 Å². The first-order chi connectivity index (χ1) is 16.5. The van der Waals surface area contributed by atoms with Gasteiger partial charge in [-0.2, -0.15) is 13.2 Å². The number of rotatable bonds is 7. The summed E-state index contributed by atoms with van der Waals surface area (Å²) in [7, 11) is 0. The first-order valence-corrected chi connectivity index (χ1v) is 11.2. The predicted molar refractivity (Wildman–Crippen MR) is 125 cm³/mol. The van der Waals surface area contributed by atoms with Gasteiger partial charge in [-0.15, -0.1) is 0 Å². The lowest BCUT2D eigenvalue weighted by molar-refractivity contribution is -0.152. The minimum absolute atomic E-state index is 0.0360. The highest BCUT2D eigenvalue weighted by atomic mass is 79.9. The van der Waals surface area contributed by atoms with Crippen LogP contribution >= 0.6 is 15.9 Å². The number of alkyl halides is 3. The Kier molecular flexibility index (Phi) is 8.57. The summed E-state index contributed by atoms with van der Waals surface area (Å²) < 4.78 is 39.3. The van der Waals surface area contributed by atoms with Crippen molar-refractivity contribution in [2.45, 2.75) is 18.6 Å². The maximum atomic E-state index is 12.9. The third-order valence-electron chi connectivity index (χ3n) is 5.05. The summed E-state index contributed by atoms with van der Waals surface area (Å²) in [5.74, 6) is -2.09. The third kappa shape index (κ3) is 8.14. The fourth-order valence-electron chi connectivity index (χ4n) is 3.63. The molecule has 3 amide bonds. The summed E-state index contributed by atoms with van der Waals surface area (Å²) in [5, 5.41) is 7.78. The smallest absolute Gasteiger partial charge is 0.349 e. The molecular formula is C22H22BrF3N6O3. The van der Waals surface area contributed by atoms with Crippen molar-refractivity contribution in [1.82, 2.24) is 20.2 Å². The number of carbonyl (C=O) groups excluding carboxylic acids is 3. The molecule has 0 aliphatic carbocycles. The number of hydrogen-bond acceptors (Lipinski definition) is 6. The normalized spacial score (nSPS) is 18.4. The van der Waals surface area contributed by atoms with Crippen molar-refractivity contribution in [3.05, 3.63) is 59.5 Å². The lowest BCUT2D eigenvalue weighted by Gasteiger charge is -2.37. The molecule has 2 aromatic rings. The molecule has 1 saturated heterocycles. The number of likely N-dealkylation sites (tertiary alicyclic amines) is 1. The van der Waals surface area contributed by atoms with Gasteiger partial charge in [-0.1, -0.05) is 12.6 Å². The zero-order chi connectivity index (χ0) is 25.6. The standard InChI is InChI=1S/C22H22BrF3N6O3/c1-2-19(33)28-15-8-13(10-32(11-15)12-22(24,25)26)20(34)29-14-6-7-18(27-9-14)31-21(35)16-4-3-5-17(23)30-16/h2-7,9,13,15H,1,8,10-12H2,(H,28,33)(H,29,34)(H,27,31,35)/t13-,15+/m1/s1. The molecule has 0 aromatic carbocycles. The van der Waals surface area contributed by atoms with Gasteiger partial charge in [0.1, 0.15) is 16.1 Å². The molecule has 0 saturated carbocycles. The number of amides is 3. The van der Waals surface area contributed by atoms with Crippen LogP contribution in [0.3, 0.4) is 0 Å². The molecule has 0 bridgehead atoms. The number of carbonyl (C=O) groups is 3. The van der Waals surface area contributed by atoms with E-state index in [0.29, 0.717) is 10.3 Å². The Morgan fingerprint density at radius 1 is 1.17 bits per heavy atom. The number of pyridine rings is 2. The van der Waals surface area contributed by atoms with Gasteiger partial charge in [0.15, 0.2) is 0 Å². The van der Waals surface area contributed by atoms with Gasteiger partial charge in [0.2, 0.25) is 11.8 Å². The molecule has 186 valence electrons. The van der Waals surface area contributed by atoms with E-state index >= 15 is 0 Å². The van der Waals surface area contributed by atoms with Crippen molar-refractivity contribution in [3.63, 3.8) is 0 Å². The minimum atomic E-state index is -4.44. The Morgan fingerprint density at radius 3 is 2.57 bits per heavy atom. The molecule has 2 aromatic heterocycles. The van der Waals surface area contributed by atoms with Gasteiger partial charge in [-0.3, -0.25) is 19.3 Å². The van der Waals surface area contributed by atoms with E-state index in [9.17, 15) is 27.6 Å². The summed E-state index contributed by atoms with van der Waals surface area (Å²) in [4.78, 5) is 45.9. The van der Waals surface area contributed by atoms with E-state index in [2.05, 4.69) is 48.4 Å². The van der Waals surface area contributed by atoms with Crippen molar-refractivity contribution in [3.8, 4) is 0 Å². The molecule has 1 fully saturated rings. The first kappa shape index (κ1) is 26.3. The second-order valence-electron chi connectivity index (χ2n) is 7.87. The summed E-state index contributed by atoms with van der Waals surface area (Å²) in [5.41, 5.74) is 0.477. The van der Waals surface area contributed by atoms with E-state index < -0.39 is 42.4 Å². The molecule has 9 nitrogen and oxygen atoms in total. The molecule has 2 atom stereocenters. The molecule has 1 aliphatic rings. The number of nitrogens with zero attached hydrogens (tertiary/aromatic N) is 3.